The third-order valence-electron chi connectivity index (χ3n) is 12.4. The van der Waals surface area contributed by atoms with Crippen LogP contribution in [0.25, 0.3) is 78.4 Å². The largest absolute Gasteiger partial charge is 0.228 e. The molecule has 1 aliphatic rings. The monoisotopic (exact) mass is 801 g/mol. The molecule has 0 radical (unpaired) electrons. The Labute approximate surface area is 368 Å². The molecule has 1 aromatic heterocycles. The van der Waals surface area contributed by atoms with Crippen molar-refractivity contribution in [1.82, 2.24) is 9.97 Å². The molecule has 1 heterocycles. The van der Waals surface area contributed by atoms with Gasteiger partial charge in [-0.15, -0.1) is 0 Å². The van der Waals surface area contributed by atoms with Crippen molar-refractivity contribution >= 4 is 0 Å². The number of hydrogen-bond acceptors (Lipinski definition) is 3. The summed E-state index contributed by atoms with van der Waals surface area (Å²) in [5.74, 6) is 0.683. The minimum absolute atomic E-state index is 0.610. The topological polar surface area (TPSA) is 49.6 Å². The molecular formula is C60H39N3. The van der Waals surface area contributed by atoms with Crippen molar-refractivity contribution < 1.29 is 0 Å². The van der Waals surface area contributed by atoms with Gasteiger partial charge >= 0.3 is 0 Å². The second-order valence-electron chi connectivity index (χ2n) is 16.0. The van der Waals surface area contributed by atoms with E-state index in [1.165, 1.54) is 27.8 Å². The highest BCUT2D eigenvalue weighted by molar-refractivity contribution is 5.89. The number of benzene rings is 9. The van der Waals surface area contributed by atoms with Crippen molar-refractivity contribution in [1.29, 1.82) is 5.26 Å². The summed E-state index contributed by atoms with van der Waals surface area (Å²) >= 11 is 0. The van der Waals surface area contributed by atoms with Crippen LogP contribution in [-0.2, 0) is 5.41 Å². The van der Waals surface area contributed by atoms with Gasteiger partial charge in [0.2, 0.25) is 0 Å². The van der Waals surface area contributed by atoms with Gasteiger partial charge in [-0.05, 0) is 103 Å². The highest BCUT2D eigenvalue weighted by Gasteiger charge is 2.46. The minimum Gasteiger partial charge on any atom is -0.228 e. The summed E-state index contributed by atoms with van der Waals surface area (Å²) in [6.07, 6.45) is 0. The summed E-state index contributed by atoms with van der Waals surface area (Å²) in [7, 11) is 0. The van der Waals surface area contributed by atoms with Crippen LogP contribution in [0.1, 0.15) is 27.8 Å². The molecule has 3 nitrogen and oxygen atoms in total. The first-order chi connectivity index (χ1) is 31.2. The van der Waals surface area contributed by atoms with Gasteiger partial charge in [-0.1, -0.05) is 200 Å². The van der Waals surface area contributed by atoms with Crippen LogP contribution in [0.15, 0.2) is 237 Å². The lowest BCUT2D eigenvalue weighted by Gasteiger charge is -2.34. The Bertz CT molecular complexity index is 3280. The standard InChI is InChI=1S/C60H39N3/c61-40-41-27-33-53-54-34-32-49(38-56(54)60(55(53)35-41,51-23-9-3-10-24-51)52-25-11-4-12-26-52)47-20-13-19-46(36-47)48-21-14-22-50(37-48)58-39-57(44-17-7-2-8-18-44)62-59(63-58)45-30-28-43(29-31-45)42-15-5-1-6-16-42/h1-39H. The number of fused-ring (bicyclic) bond motifs is 3. The van der Waals surface area contributed by atoms with E-state index in [1.54, 1.807) is 0 Å². The molecule has 0 saturated heterocycles. The van der Waals surface area contributed by atoms with E-state index in [2.05, 4.69) is 212 Å². The lowest BCUT2D eigenvalue weighted by atomic mass is 9.67. The molecule has 1 aliphatic carbocycles. The van der Waals surface area contributed by atoms with E-state index in [-0.39, 0.29) is 0 Å². The fourth-order valence-electron chi connectivity index (χ4n) is 9.40. The molecule has 0 unspecified atom stereocenters. The van der Waals surface area contributed by atoms with Gasteiger partial charge in [0.05, 0.1) is 28.4 Å². The van der Waals surface area contributed by atoms with Crippen LogP contribution in [0.5, 0.6) is 0 Å². The van der Waals surface area contributed by atoms with Gasteiger partial charge in [0.25, 0.3) is 0 Å². The summed E-state index contributed by atoms with van der Waals surface area (Å²) in [4.78, 5) is 10.3. The summed E-state index contributed by atoms with van der Waals surface area (Å²) < 4.78 is 0. The van der Waals surface area contributed by atoms with Gasteiger partial charge in [0.1, 0.15) is 0 Å². The molecule has 0 N–H and O–H groups in total. The number of rotatable bonds is 8. The first-order valence-corrected chi connectivity index (χ1v) is 21.3. The minimum atomic E-state index is -0.610. The maximum absolute atomic E-state index is 10.1. The average Bonchev–Trinajstić information content (AvgIpc) is 3.67. The van der Waals surface area contributed by atoms with E-state index in [0.29, 0.717) is 11.4 Å². The molecule has 0 spiro atoms. The van der Waals surface area contributed by atoms with Crippen molar-refractivity contribution in [3.63, 3.8) is 0 Å². The van der Waals surface area contributed by atoms with Gasteiger partial charge < -0.3 is 0 Å². The van der Waals surface area contributed by atoms with Crippen LogP contribution >= 0.6 is 0 Å². The Morgan fingerprint density at radius 3 is 1.32 bits per heavy atom. The fourth-order valence-corrected chi connectivity index (χ4v) is 9.40. The van der Waals surface area contributed by atoms with E-state index >= 15 is 0 Å². The predicted octanol–water partition coefficient (Wildman–Crippen LogP) is 14.7. The van der Waals surface area contributed by atoms with Gasteiger partial charge in [-0.2, -0.15) is 5.26 Å². The highest BCUT2D eigenvalue weighted by Crippen LogP contribution is 2.57. The van der Waals surface area contributed by atoms with Gasteiger partial charge in [-0.3, -0.25) is 0 Å². The predicted molar refractivity (Wildman–Crippen MR) is 257 cm³/mol. The molecule has 10 aromatic rings. The fraction of sp³-hybridized carbons (Fsp3) is 0.0167. The van der Waals surface area contributed by atoms with Crippen molar-refractivity contribution in [2.75, 3.05) is 0 Å². The smallest absolute Gasteiger partial charge is 0.160 e. The third kappa shape index (κ3) is 6.72. The van der Waals surface area contributed by atoms with E-state index in [4.69, 9.17) is 9.97 Å². The molecule has 11 rings (SSSR count). The molecule has 63 heavy (non-hydrogen) atoms. The average molecular weight is 802 g/mol. The van der Waals surface area contributed by atoms with Crippen LogP contribution in [0.4, 0.5) is 0 Å². The van der Waals surface area contributed by atoms with E-state index < -0.39 is 5.41 Å². The maximum Gasteiger partial charge on any atom is 0.160 e. The second kappa shape index (κ2) is 15.9. The molecule has 9 aromatic carbocycles. The number of nitrogens with zero attached hydrogens (tertiary/aromatic N) is 3. The van der Waals surface area contributed by atoms with Gasteiger partial charge in [0, 0.05) is 16.7 Å². The van der Waals surface area contributed by atoms with E-state index in [0.717, 1.165) is 67.0 Å². The molecule has 0 aliphatic heterocycles. The summed E-state index contributed by atoms with van der Waals surface area (Å²) in [5.41, 5.74) is 18.6. The van der Waals surface area contributed by atoms with Crippen LogP contribution in [0.3, 0.4) is 0 Å². The Morgan fingerprint density at radius 2 is 0.730 bits per heavy atom. The van der Waals surface area contributed by atoms with Gasteiger partial charge in [0.15, 0.2) is 5.82 Å². The quantitative estimate of drug-likeness (QED) is 0.154. The molecule has 0 saturated carbocycles. The number of nitriles is 1. The molecular weight excluding hydrogens is 763 g/mol. The molecule has 3 heteroatoms. The summed E-state index contributed by atoms with van der Waals surface area (Å²) in [6, 6.07) is 85.7. The lowest BCUT2D eigenvalue weighted by Crippen LogP contribution is -2.28. The third-order valence-corrected chi connectivity index (χ3v) is 12.4. The number of hydrogen-bond donors (Lipinski definition) is 0. The zero-order chi connectivity index (χ0) is 42.2. The summed E-state index contributed by atoms with van der Waals surface area (Å²) in [6.45, 7) is 0. The van der Waals surface area contributed by atoms with Gasteiger partial charge in [-0.25, -0.2) is 9.97 Å². The van der Waals surface area contributed by atoms with Crippen molar-refractivity contribution in [2.45, 2.75) is 5.41 Å². The normalized spacial score (nSPS) is 12.2. The second-order valence-corrected chi connectivity index (χ2v) is 16.0. The Balaban J connectivity index is 0.999. The highest BCUT2D eigenvalue weighted by atomic mass is 14.9. The molecule has 0 atom stereocenters. The lowest BCUT2D eigenvalue weighted by molar-refractivity contribution is 0.768. The van der Waals surface area contributed by atoms with Crippen LogP contribution in [-0.4, -0.2) is 9.97 Å². The molecule has 0 fully saturated rings. The van der Waals surface area contributed by atoms with E-state index in [9.17, 15) is 5.26 Å². The Morgan fingerprint density at radius 1 is 0.317 bits per heavy atom. The molecule has 0 amide bonds. The van der Waals surface area contributed by atoms with Crippen LogP contribution < -0.4 is 0 Å². The van der Waals surface area contributed by atoms with Crippen molar-refractivity contribution in [3.05, 3.63) is 264 Å². The van der Waals surface area contributed by atoms with Crippen LogP contribution in [0.2, 0.25) is 0 Å². The Hall–Kier alpha value is -8.45. The zero-order valence-electron chi connectivity index (χ0n) is 34.4. The summed E-state index contributed by atoms with van der Waals surface area (Å²) in [5, 5.41) is 10.1. The number of aromatic nitrogens is 2. The first kappa shape index (κ1) is 37.5. The van der Waals surface area contributed by atoms with Crippen LogP contribution in [0, 0.1) is 11.3 Å². The van der Waals surface area contributed by atoms with E-state index in [1.807, 2.05) is 30.3 Å². The SMILES string of the molecule is N#Cc1ccc2c(c1)C(c1ccccc1)(c1ccccc1)c1cc(-c3cccc(-c4cccc(-c5cc(-c6ccccc6)nc(-c6ccc(-c7ccccc7)cc6)n5)c4)c3)ccc1-2. The molecule has 0 bridgehead atoms. The zero-order valence-corrected chi connectivity index (χ0v) is 34.4. The van der Waals surface area contributed by atoms with Crippen molar-refractivity contribution in [3.8, 4) is 84.5 Å². The Kier molecular flexibility index (Phi) is 9.45. The first-order valence-electron chi connectivity index (χ1n) is 21.3. The maximum atomic E-state index is 10.1. The van der Waals surface area contributed by atoms with Crippen molar-refractivity contribution in [2.24, 2.45) is 0 Å². The molecule has 294 valence electrons.